The fraction of sp³-hybridized carbons (Fsp3) is 0.158. The van der Waals surface area contributed by atoms with Crippen molar-refractivity contribution in [2.24, 2.45) is 0 Å². The Labute approximate surface area is 146 Å². The van der Waals surface area contributed by atoms with Crippen molar-refractivity contribution in [2.45, 2.75) is 19.5 Å². The lowest BCUT2D eigenvalue weighted by molar-refractivity contribution is 0.0934. The number of pyridine rings is 1. The predicted octanol–water partition coefficient (Wildman–Crippen LogP) is 2.97. The number of benzene rings is 1. The molecular weight excluding hydrogens is 314 g/mol. The molecule has 2 N–H and O–H groups in total. The third kappa shape index (κ3) is 4.60. The maximum Gasteiger partial charge on any atom is 0.270 e. The predicted molar refractivity (Wildman–Crippen MR) is 95.9 cm³/mol. The summed E-state index contributed by atoms with van der Waals surface area (Å²) in [5, 5.41) is 6.09. The van der Waals surface area contributed by atoms with Gasteiger partial charge in [0.25, 0.3) is 5.91 Å². The molecule has 3 aromatic rings. The van der Waals surface area contributed by atoms with Crippen LogP contribution in [0.3, 0.4) is 0 Å². The summed E-state index contributed by atoms with van der Waals surface area (Å²) in [6.45, 7) is 2.47. The number of anilines is 1. The second kappa shape index (κ2) is 8.01. The minimum absolute atomic E-state index is 0.103. The van der Waals surface area contributed by atoms with Crippen LogP contribution in [0.4, 0.5) is 5.82 Å². The van der Waals surface area contributed by atoms with Crippen LogP contribution in [0.5, 0.6) is 0 Å². The van der Waals surface area contributed by atoms with Crippen LogP contribution in [0.25, 0.3) is 0 Å². The van der Waals surface area contributed by atoms with Crippen LogP contribution in [-0.4, -0.2) is 20.9 Å². The molecule has 6 nitrogen and oxygen atoms in total. The second-order valence-corrected chi connectivity index (χ2v) is 5.57. The monoisotopic (exact) mass is 333 g/mol. The van der Waals surface area contributed by atoms with Crippen LogP contribution < -0.4 is 10.6 Å². The molecule has 0 spiro atoms. The van der Waals surface area contributed by atoms with E-state index in [0.29, 0.717) is 18.1 Å². The normalized spacial score (nSPS) is 11.6. The highest BCUT2D eigenvalue weighted by molar-refractivity contribution is 5.93. The summed E-state index contributed by atoms with van der Waals surface area (Å²) in [6, 6.07) is 17.0. The van der Waals surface area contributed by atoms with Crippen LogP contribution in [0.2, 0.25) is 0 Å². The highest BCUT2D eigenvalue weighted by atomic mass is 16.1. The number of carbonyl (C=O) groups is 1. The number of nitrogens with one attached hydrogen (secondary N) is 2. The maximum absolute atomic E-state index is 12.4. The van der Waals surface area contributed by atoms with Crippen molar-refractivity contribution in [1.29, 1.82) is 0 Å². The summed E-state index contributed by atoms with van der Waals surface area (Å²) in [5.41, 5.74) is 2.25. The van der Waals surface area contributed by atoms with Gasteiger partial charge in [-0.2, -0.15) is 0 Å². The number of hydrogen-bond donors (Lipinski definition) is 2. The van der Waals surface area contributed by atoms with Crippen molar-refractivity contribution in [3.63, 3.8) is 0 Å². The molecule has 126 valence electrons. The molecule has 3 rings (SSSR count). The molecule has 0 aliphatic carbocycles. The van der Waals surface area contributed by atoms with Crippen LogP contribution in [0, 0.1) is 0 Å². The van der Waals surface area contributed by atoms with E-state index in [-0.39, 0.29) is 11.9 Å². The van der Waals surface area contributed by atoms with E-state index in [1.54, 1.807) is 12.3 Å². The minimum Gasteiger partial charge on any atom is -0.364 e. The number of hydrogen-bond acceptors (Lipinski definition) is 5. The zero-order chi connectivity index (χ0) is 17.5. The van der Waals surface area contributed by atoms with Crippen molar-refractivity contribution < 1.29 is 4.79 Å². The first-order chi connectivity index (χ1) is 12.2. The number of amides is 1. The molecule has 25 heavy (non-hydrogen) atoms. The van der Waals surface area contributed by atoms with E-state index in [1.807, 2.05) is 55.5 Å². The fourth-order valence-corrected chi connectivity index (χ4v) is 2.36. The average Bonchev–Trinajstić information content (AvgIpc) is 2.68. The Balaban J connectivity index is 1.63. The lowest BCUT2D eigenvalue weighted by atomic mass is 10.1. The Hall–Kier alpha value is -3.28. The quantitative estimate of drug-likeness (QED) is 0.725. The number of nitrogens with zero attached hydrogens (tertiary/aromatic N) is 3. The lowest BCUT2D eigenvalue weighted by Gasteiger charge is -2.14. The van der Waals surface area contributed by atoms with E-state index in [9.17, 15) is 4.79 Å². The van der Waals surface area contributed by atoms with Gasteiger partial charge >= 0.3 is 0 Å². The molecule has 1 atom stereocenters. The van der Waals surface area contributed by atoms with Gasteiger partial charge in [-0.1, -0.05) is 36.4 Å². The number of rotatable bonds is 6. The van der Waals surface area contributed by atoms with E-state index < -0.39 is 0 Å². The first kappa shape index (κ1) is 16.6. The largest absolute Gasteiger partial charge is 0.364 e. The molecule has 0 saturated carbocycles. The summed E-state index contributed by atoms with van der Waals surface area (Å²) in [5.74, 6) is 0.345. The molecule has 0 aliphatic heterocycles. The Morgan fingerprint density at radius 2 is 1.84 bits per heavy atom. The Morgan fingerprint density at radius 1 is 1.04 bits per heavy atom. The molecule has 0 aliphatic rings. The first-order valence-electron chi connectivity index (χ1n) is 8.04. The summed E-state index contributed by atoms with van der Waals surface area (Å²) in [4.78, 5) is 24.9. The van der Waals surface area contributed by atoms with E-state index in [1.165, 1.54) is 6.33 Å². The van der Waals surface area contributed by atoms with Gasteiger partial charge in [0.1, 0.15) is 17.8 Å². The van der Waals surface area contributed by atoms with Gasteiger partial charge in [-0.25, -0.2) is 9.97 Å². The lowest BCUT2D eigenvalue weighted by Crippen LogP contribution is -2.27. The second-order valence-electron chi connectivity index (χ2n) is 5.57. The van der Waals surface area contributed by atoms with Crippen LogP contribution in [0.15, 0.2) is 67.1 Å². The highest BCUT2D eigenvalue weighted by Gasteiger charge is 2.13. The maximum atomic E-state index is 12.4. The van der Waals surface area contributed by atoms with E-state index in [0.717, 1.165) is 11.3 Å². The highest BCUT2D eigenvalue weighted by Crippen LogP contribution is 2.13. The van der Waals surface area contributed by atoms with E-state index in [2.05, 4.69) is 25.6 Å². The van der Waals surface area contributed by atoms with Crippen molar-refractivity contribution in [2.75, 3.05) is 5.32 Å². The standard InChI is InChI=1S/C19H19N5O/c1-14(15-7-3-2-4-8-15)24-19(25)17-11-18(23-13-22-17)21-12-16-9-5-6-10-20-16/h2-11,13-14H,12H2,1H3,(H,24,25)(H,21,22,23). The van der Waals surface area contributed by atoms with Gasteiger partial charge < -0.3 is 10.6 Å². The van der Waals surface area contributed by atoms with Gasteiger partial charge in [-0.05, 0) is 24.6 Å². The SMILES string of the molecule is CC(NC(=O)c1cc(NCc2ccccn2)ncn1)c1ccccc1. The van der Waals surface area contributed by atoms with Gasteiger partial charge in [0, 0.05) is 12.3 Å². The summed E-state index contributed by atoms with van der Waals surface area (Å²) >= 11 is 0. The molecule has 2 heterocycles. The molecule has 0 fully saturated rings. The molecule has 1 aromatic carbocycles. The molecule has 1 amide bonds. The van der Waals surface area contributed by atoms with Crippen molar-refractivity contribution in [3.8, 4) is 0 Å². The topological polar surface area (TPSA) is 79.8 Å². The third-order valence-corrected chi connectivity index (χ3v) is 3.72. The molecular formula is C19H19N5O. The molecule has 0 radical (unpaired) electrons. The van der Waals surface area contributed by atoms with E-state index in [4.69, 9.17) is 0 Å². The zero-order valence-electron chi connectivity index (χ0n) is 13.9. The van der Waals surface area contributed by atoms with Gasteiger partial charge in [0.05, 0.1) is 18.3 Å². The number of aromatic nitrogens is 3. The Bertz CT molecular complexity index is 823. The van der Waals surface area contributed by atoms with Crippen molar-refractivity contribution >= 4 is 11.7 Å². The molecule has 0 bridgehead atoms. The van der Waals surface area contributed by atoms with Crippen LogP contribution in [0.1, 0.15) is 34.7 Å². The Kier molecular flexibility index (Phi) is 5.31. The molecule has 1 unspecified atom stereocenters. The number of carbonyl (C=O) groups excluding carboxylic acids is 1. The van der Waals surface area contributed by atoms with Crippen LogP contribution in [-0.2, 0) is 6.54 Å². The molecule has 2 aromatic heterocycles. The first-order valence-corrected chi connectivity index (χ1v) is 8.04. The van der Waals surface area contributed by atoms with Gasteiger partial charge in [0.2, 0.25) is 0 Å². The van der Waals surface area contributed by atoms with Gasteiger partial charge in [-0.3, -0.25) is 9.78 Å². The fourth-order valence-electron chi connectivity index (χ4n) is 2.36. The van der Waals surface area contributed by atoms with Gasteiger partial charge in [0.15, 0.2) is 0 Å². The Morgan fingerprint density at radius 3 is 2.60 bits per heavy atom. The minimum atomic E-state index is -0.236. The smallest absolute Gasteiger partial charge is 0.270 e. The zero-order valence-corrected chi connectivity index (χ0v) is 13.9. The van der Waals surface area contributed by atoms with Crippen molar-refractivity contribution in [3.05, 3.63) is 84.1 Å². The summed E-state index contributed by atoms with van der Waals surface area (Å²) in [6.07, 6.45) is 3.11. The molecule has 0 saturated heterocycles. The average molecular weight is 333 g/mol. The summed E-state index contributed by atoms with van der Waals surface area (Å²) < 4.78 is 0. The van der Waals surface area contributed by atoms with Crippen LogP contribution >= 0.6 is 0 Å². The molecule has 6 heteroatoms. The third-order valence-electron chi connectivity index (χ3n) is 3.72. The van der Waals surface area contributed by atoms with E-state index >= 15 is 0 Å². The van der Waals surface area contributed by atoms with Gasteiger partial charge in [-0.15, -0.1) is 0 Å². The summed E-state index contributed by atoms with van der Waals surface area (Å²) in [7, 11) is 0. The van der Waals surface area contributed by atoms with Crippen molar-refractivity contribution in [1.82, 2.24) is 20.3 Å².